The highest BCUT2D eigenvalue weighted by Gasteiger charge is 2.38. The number of para-hydroxylation sites is 1. The normalized spacial score (nSPS) is 16.2. The molecule has 2 amide bonds. The molecule has 0 bridgehead atoms. The Morgan fingerprint density at radius 1 is 1.31 bits per heavy atom. The first kappa shape index (κ1) is 19.7. The van der Waals surface area contributed by atoms with Gasteiger partial charge in [-0.15, -0.1) is 0 Å². The van der Waals surface area contributed by atoms with Gasteiger partial charge in [0, 0.05) is 36.2 Å². The number of hydrogen-bond acceptors (Lipinski definition) is 3. The number of nitrogens with zero attached hydrogens (tertiary/aromatic N) is 2. The van der Waals surface area contributed by atoms with Crippen molar-refractivity contribution in [3.8, 4) is 0 Å². The molecule has 8 heteroatoms. The fourth-order valence-electron chi connectivity index (χ4n) is 3.88. The number of methoxy groups -OCH3 is 1. The fraction of sp³-hybridized carbons (Fsp3) is 0.333. The second-order valence-corrected chi connectivity index (χ2v) is 7.58. The van der Waals surface area contributed by atoms with Crippen LogP contribution >= 0.6 is 11.6 Å². The molecule has 1 aliphatic heterocycles. The van der Waals surface area contributed by atoms with Crippen LogP contribution in [0.1, 0.15) is 24.0 Å². The molecule has 1 fully saturated rings. The van der Waals surface area contributed by atoms with E-state index in [2.05, 4.69) is 15.5 Å². The molecule has 29 heavy (non-hydrogen) atoms. The number of carbonyl (C=O) groups excluding carboxylic acids is 1. The van der Waals surface area contributed by atoms with Crippen LogP contribution in [0.3, 0.4) is 0 Å². The third-order valence-corrected chi connectivity index (χ3v) is 6.03. The lowest BCUT2D eigenvalue weighted by Gasteiger charge is -2.41. The number of hydrogen-bond donors (Lipinski definition) is 2. The maximum Gasteiger partial charge on any atom is 0.323 e. The molecule has 0 radical (unpaired) electrons. The zero-order valence-corrected chi connectivity index (χ0v) is 16.8. The second kappa shape index (κ2) is 8.00. The molecule has 0 saturated carbocycles. The molecule has 1 aliphatic rings. The Labute approximate surface area is 173 Å². The van der Waals surface area contributed by atoms with Crippen molar-refractivity contribution in [3.05, 3.63) is 58.6 Å². The quantitative estimate of drug-likeness (QED) is 0.638. The molecule has 4 rings (SSSR count). The van der Waals surface area contributed by atoms with Gasteiger partial charge in [0.2, 0.25) is 0 Å². The van der Waals surface area contributed by atoms with Gasteiger partial charge in [0.05, 0.1) is 11.1 Å². The van der Waals surface area contributed by atoms with Crippen LogP contribution in [-0.2, 0) is 17.0 Å². The summed E-state index contributed by atoms with van der Waals surface area (Å²) in [6.45, 7) is 0.393. The molecule has 1 aromatic heterocycles. The number of nitrogens with one attached hydrogen (secondary N) is 2. The molecule has 2 aromatic carbocycles. The Hall–Kier alpha value is -2.64. The highest BCUT2D eigenvalue weighted by molar-refractivity contribution is 6.31. The first-order valence-electron chi connectivity index (χ1n) is 9.45. The van der Waals surface area contributed by atoms with Gasteiger partial charge in [-0.2, -0.15) is 5.10 Å². The van der Waals surface area contributed by atoms with E-state index in [0.717, 1.165) is 16.5 Å². The zero-order chi connectivity index (χ0) is 20.4. The van der Waals surface area contributed by atoms with Crippen molar-refractivity contribution in [1.82, 2.24) is 15.1 Å². The lowest BCUT2D eigenvalue weighted by molar-refractivity contribution is -0.0548. The number of amides is 2. The number of ether oxygens (including phenoxy) is 1. The summed E-state index contributed by atoms with van der Waals surface area (Å²) in [6.07, 6.45) is 1.21. The molecule has 1 saturated heterocycles. The van der Waals surface area contributed by atoms with Gasteiger partial charge >= 0.3 is 6.03 Å². The van der Waals surface area contributed by atoms with Crippen LogP contribution in [0.2, 0.25) is 5.02 Å². The van der Waals surface area contributed by atoms with Crippen molar-refractivity contribution in [2.45, 2.75) is 25.1 Å². The van der Waals surface area contributed by atoms with Crippen molar-refractivity contribution in [1.29, 1.82) is 0 Å². The summed E-state index contributed by atoms with van der Waals surface area (Å²) in [5.41, 5.74) is 1.64. The number of likely N-dealkylation sites (tertiary alicyclic amines) is 1. The van der Waals surface area contributed by atoms with Gasteiger partial charge in [0.15, 0.2) is 5.82 Å². The van der Waals surface area contributed by atoms with E-state index < -0.39 is 12.3 Å². The SMILES string of the molecule is COC1(c2ccc(Cl)c(CF)c2)CCN(C(=O)Nc2n[nH]c3ccccc23)CC1. The van der Waals surface area contributed by atoms with E-state index in [-0.39, 0.29) is 6.03 Å². The van der Waals surface area contributed by atoms with Gasteiger partial charge < -0.3 is 9.64 Å². The molecule has 2 N–H and O–H groups in total. The first-order valence-corrected chi connectivity index (χ1v) is 9.83. The molecule has 152 valence electrons. The summed E-state index contributed by atoms with van der Waals surface area (Å²) in [7, 11) is 1.65. The van der Waals surface area contributed by atoms with E-state index in [1.54, 1.807) is 24.1 Å². The van der Waals surface area contributed by atoms with E-state index in [0.29, 0.717) is 42.3 Å². The number of alkyl halides is 1. The number of H-pyrrole nitrogens is 1. The summed E-state index contributed by atoms with van der Waals surface area (Å²) in [5, 5.41) is 11.3. The number of aromatic amines is 1. The van der Waals surface area contributed by atoms with Gasteiger partial charge in [-0.05, 0) is 42.7 Å². The van der Waals surface area contributed by atoms with Crippen LogP contribution in [-0.4, -0.2) is 41.3 Å². The maximum atomic E-state index is 13.2. The molecule has 0 unspecified atom stereocenters. The third kappa shape index (κ3) is 3.68. The minimum absolute atomic E-state index is 0.201. The molecule has 2 heterocycles. The van der Waals surface area contributed by atoms with Crippen molar-refractivity contribution in [3.63, 3.8) is 0 Å². The molecule has 0 aliphatic carbocycles. The zero-order valence-electron chi connectivity index (χ0n) is 16.0. The molecular formula is C21H22ClFN4O2. The summed E-state index contributed by atoms with van der Waals surface area (Å²) in [6, 6.07) is 12.8. The van der Waals surface area contributed by atoms with Gasteiger partial charge in [-0.3, -0.25) is 10.4 Å². The van der Waals surface area contributed by atoms with E-state index in [9.17, 15) is 9.18 Å². The maximum absolute atomic E-state index is 13.2. The van der Waals surface area contributed by atoms with E-state index >= 15 is 0 Å². The number of aromatic nitrogens is 2. The number of anilines is 1. The molecule has 0 spiro atoms. The Bertz CT molecular complexity index is 1030. The highest BCUT2D eigenvalue weighted by atomic mass is 35.5. The first-order chi connectivity index (χ1) is 14.1. The Kier molecular flexibility index (Phi) is 5.43. The lowest BCUT2D eigenvalue weighted by atomic mass is 9.83. The average Bonchev–Trinajstić information content (AvgIpc) is 3.17. The van der Waals surface area contributed by atoms with Crippen LogP contribution in [0.5, 0.6) is 0 Å². The highest BCUT2D eigenvalue weighted by Crippen LogP contribution is 2.38. The van der Waals surface area contributed by atoms with Crippen molar-refractivity contribution >= 4 is 34.4 Å². The number of halogens is 2. The largest absolute Gasteiger partial charge is 0.373 e. The van der Waals surface area contributed by atoms with E-state index in [4.69, 9.17) is 16.3 Å². The summed E-state index contributed by atoms with van der Waals surface area (Å²) in [5.74, 6) is 0.513. The summed E-state index contributed by atoms with van der Waals surface area (Å²) < 4.78 is 19.1. The standard InChI is InChI=1S/C21H22ClFN4O2/c1-29-21(15-6-7-17(22)14(12-15)13-23)8-10-27(11-9-21)20(28)24-19-16-4-2-3-5-18(16)25-26-19/h2-7,12H,8-11,13H2,1H3,(H2,24,25,26,28). The van der Waals surface area contributed by atoms with Crippen molar-refractivity contribution in [2.24, 2.45) is 0 Å². The predicted octanol–water partition coefficient (Wildman–Crippen LogP) is 4.86. The lowest BCUT2D eigenvalue weighted by Crippen LogP contribution is -2.47. The second-order valence-electron chi connectivity index (χ2n) is 7.17. The van der Waals surface area contributed by atoms with Crippen molar-refractivity contribution in [2.75, 3.05) is 25.5 Å². The number of benzene rings is 2. The molecule has 0 atom stereocenters. The summed E-state index contributed by atoms with van der Waals surface area (Å²) >= 11 is 6.05. The number of fused-ring (bicyclic) bond motifs is 1. The van der Waals surface area contributed by atoms with Gasteiger partial charge in [-0.25, -0.2) is 9.18 Å². The summed E-state index contributed by atoms with van der Waals surface area (Å²) in [4.78, 5) is 14.5. The number of piperidine rings is 1. The Morgan fingerprint density at radius 3 is 2.79 bits per heavy atom. The third-order valence-electron chi connectivity index (χ3n) is 5.66. The van der Waals surface area contributed by atoms with E-state index in [1.807, 2.05) is 30.3 Å². The monoisotopic (exact) mass is 416 g/mol. The number of rotatable bonds is 4. The fourth-order valence-corrected chi connectivity index (χ4v) is 4.05. The topological polar surface area (TPSA) is 70.2 Å². The minimum Gasteiger partial charge on any atom is -0.373 e. The van der Waals surface area contributed by atoms with Crippen LogP contribution in [0, 0.1) is 0 Å². The van der Waals surface area contributed by atoms with Gasteiger partial charge in [-0.1, -0.05) is 29.8 Å². The van der Waals surface area contributed by atoms with Crippen LogP contribution in [0.15, 0.2) is 42.5 Å². The molecule has 6 nitrogen and oxygen atoms in total. The van der Waals surface area contributed by atoms with Gasteiger partial charge in [0.25, 0.3) is 0 Å². The molecule has 3 aromatic rings. The average molecular weight is 417 g/mol. The van der Waals surface area contributed by atoms with Crippen LogP contribution < -0.4 is 5.32 Å². The Balaban J connectivity index is 1.47. The van der Waals surface area contributed by atoms with Crippen LogP contribution in [0.4, 0.5) is 15.0 Å². The Morgan fingerprint density at radius 2 is 2.07 bits per heavy atom. The number of urea groups is 1. The minimum atomic E-state index is -0.626. The molecular weight excluding hydrogens is 395 g/mol. The van der Waals surface area contributed by atoms with Gasteiger partial charge in [0.1, 0.15) is 6.67 Å². The smallest absolute Gasteiger partial charge is 0.323 e. The number of carbonyl (C=O) groups is 1. The van der Waals surface area contributed by atoms with Crippen LogP contribution in [0.25, 0.3) is 10.9 Å². The van der Waals surface area contributed by atoms with E-state index in [1.165, 1.54) is 0 Å². The predicted molar refractivity (Wildman–Crippen MR) is 111 cm³/mol. The van der Waals surface area contributed by atoms with Crippen molar-refractivity contribution < 1.29 is 13.9 Å².